The molecule has 1 unspecified atom stereocenters. The van der Waals surface area contributed by atoms with E-state index in [-0.39, 0.29) is 17.9 Å². The second kappa shape index (κ2) is 5.28. The molecule has 6 heteroatoms. The fourth-order valence-corrected chi connectivity index (χ4v) is 2.94. The average molecular weight is 277 g/mol. The second-order valence-corrected chi connectivity index (χ2v) is 5.37. The summed E-state index contributed by atoms with van der Waals surface area (Å²) in [7, 11) is 1.85. The van der Waals surface area contributed by atoms with Gasteiger partial charge in [-0.1, -0.05) is 0 Å². The number of amides is 2. The lowest BCUT2D eigenvalue weighted by Gasteiger charge is -2.36. The van der Waals surface area contributed by atoms with E-state index in [0.29, 0.717) is 18.8 Å². The van der Waals surface area contributed by atoms with Crippen LogP contribution in [-0.2, 0) is 4.79 Å². The Hall–Kier alpha value is -1.82. The number of rotatable bonds is 2. The van der Waals surface area contributed by atoms with E-state index in [2.05, 4.69) is 4.90 Å². The minimum atomic E-state index is -0.0653. The Kier molecular flexibility index (Phi) is 3.48. The van der Waals surface area contributed by atoms with Gasteiger partial charge in [-0.05, 0) is 18.6 Å². The lowest BCUT2D eigenvalue weighted by molar-refractivity contribution is -0.131. The fourth-order valence-electron chi connectivity index (χ4n) is 2.94. The minimum absolute atomic E-state index is 0.000801. The van der Waals surface area contributed by atoms with Crippen LogP contribution in [0.2, 0.25) is 0 Å². The number of hydrogen-bond acceptors (Lipinski definition) is 4. The van der Waals surface area contributed by atoms with E-state index < -0.39 is 0 Å². The van der Waals surface area contributed by atoms with Crippen molar-refractivity contribution in [2.75, 3.05) is 39.8 Å². The summed E-state index contributed by atoms with van der Waals surface area (Å²) >= 11 is 0. The van der Waals surface area contributed by atoms with Gasteiger partial charge in [-0.25, -0.2) is 0 Å². The first-order valence-corrected chi connectivity index (χ1v) is 6.98. The zero-order chi connectivity index (χ0) is 14.1. The van der Waals surface area contributed by atoms with Crippen molar-refractivity contribution >= 4 is 11.8 Å². The Morgan fingerprint density at radius 2 is 2.00 bits per heavy atom. The third-order valence-electron chi connectivity index (χ3n) is 4.17. The van der Waals surface area contributed by atoms with Crippen molar-refractivity contribution in [3.05, 3.63) is 24.2 Å². The van der Waals surface area contributed by atoms with Gasteiger partial charge in [0.25, 0.3) is 5.91 Å². The summed E-state index contributed by atoms with van der Waals surface area (Å²) in [6.45, 7) is 3.61. The van der Waals surface area contributed by atoms with E-state index in [9.17, 15) is 9.59 Å². The van der Waals surface area contributed by atoms with Crippen LogP contribution >= 0.6 is 0 Å². The number of hydrogen-bond donors (Lipinski definition) is 0. The van der Waals surface area contributed by atoms with Crippen LogP contribution in [0.3, 0.4) is 0 Å². The molecule has 2 aliphatic heterocycles. The Morgan fingerprint density at radius 3 is 2.55 bits per heavy atom. The number of carbonyl (C=O) groups excluding carboxylic acids is 2. The normalized spacial score (nSPS) is 24.4. The zero-order valence-electron chi connectivity index (χ0n) is 11.6. The van der Waals surface area contributed by atoms with Crippen LogP contribution in [0, 0.1) is 0 Å². The molecule has 2 aliphatic rings. The van der Waals surface area contributed by atoms with Gasteiger partial charge in [0.05, 0.1) is 12.3 Å². The molecule has 3 heterocycles. The molecule has 0 aliphatic carbocycles. The number of nitrogens with zero attached hydrogens (tertiary/aromatic N) is 3. The zero-order valence-corrected chi connectivity index (χ0v) is 11.6. The Labute approximate surface area is 117 Å². The fraction of sp³-hybridized carbons (Fsp3) is 0.571. The third-order valence-corrected chi connectivity index (χ3v) is 4.17. The molecule has 2 fully saturated rings. The van der Waals surface area contributed by atoms with Crippen molar-refractivity contribution in [2.45, 2.75) is 12.5 Å². The van der Waals surface area contributed by atoms with Crippen LogP contribution in [0.15, 0.2) is 22.8 Å². The van der Waals surface area contributed by atoms with Crippen LogP contribution < -0.4 is 0 Å². The van der Waals surface area contributed by atoms with Gasteiger partial charge in [0.1, 0.15) is 0 Å². The van der Waals surface area contributed by atoms with Gasteiger partial charge < -0.3 is 14.2 Å². The maximum absolute atomic E-state index is 12.1. The first-order valence-electron chi connectivity index (χ1n) is 6.98. The topological polar surface area (TPSA) is 57.0 Å². The van der Waals surface area contributed by atoms with Gasteiger partial charge in [0.15, 0.2) is 5.76 Å². The third kappa shape index (κ3) is 2.31. The highest BCUT2D eigenvalue weighted by Gasteiger charge is 2.36. The number of carbonyl (C=O) groups is 2. The highest BCUT2D eigenvalue weighted by Crippen LogP contribution is 2.18. The molecule has 0 bridgehead atoms. The molecular formula is C14H19N3O3. The van der Waals surface area contributed by atoms with Crippen LogP contribution in [0.1, 0.15) is 17.0 Å². The van der Waals surface area contributed by atoms with Gasteiger partial charge >= 0.3 is 0 Å². The molecule has 108 valence electrons. The van der Waals surface area contributed by atoms with Crippen LogP contribution in [-0.4, -0.2) is 72.3 Å². The van der Waals surface area contributed by atoms with Crippen molar-refractivity contribution in [3.63, 3.8) is 0 Å². The molecule has 0 saturated carbocycles. The average Bonchev–Trinajstić information content (AvgIpc) is 3.10. The molecule has 0 aromatic carbocycles. The van der Waals surface area contributed by atoms with Crippen molar-refractivity contribution < 1.29 is 14.0 Å². The van der Waals surface area contributed by atoms with Gasteiger partial charge in [-0.2, -0.15) is 0 Å². The number of piperazine rings is 1. The Morgan fingerprint density at radius 1 is 1.25 bits per heavy atom. The predicted molar refractivity (Wildman–Crippen MR) is 72.2 cm³/mol. The highest BCUT2D eigenvalue weighted by molar-refractivity contribution is 5.91. The number of furan rings is 1. The Balaban J connectivity index is 1.57. The molecule has 3 rings (SSSR count). The van der Waals surface area contributed by atoms with Crippen molar-refractivity contribution in [1.82, 2.24) is 14.7 Å². The van der Waals surface area contributed by atoms with E-state index in [1.165, 1.54) is 6.26 Å². The molecule has 2 amide bonds. The molecule has 6 nitrogen and oxygen atoms in total. The quantitative estimate of drug-likeness (QED) is 0.778. The van der Waals surface area contributed by atoms with Crippen molar-refractivity contribution in [3.8, 4) is 0 Å². The SMILES string of the molecule is CN1CCC(N2CCN(C(=O)c3ccco3)CC2)C1=O. The minimum Gasteiger partial charge on any atom is -0.459 e. The van der Waals surface area contributed by atoms with Crippen LogP contribution in [0.5, 0.6) is 0 Å². The van der Waals surface area contributed by atoms with Crippen molar-refractivity contribution in [2.24, 2.45) is 0 Å². The second-order valence-electron chi connectivity index (χ2n) is 5.37. The molecule has 2 saturated heterocycles. The molecule has 0 radical (unpaired) electrons. The molecule has 0 spiro atoms. The molecule has 0 N–H and O–H groups in total. The van der Waals surface area contributed by atoms with Crippen molar-refractivity contribution in [1.29, 1.82) is 0 Å². The summed E-state index contributed by atoms with van der Waals surface area (Å²) in [6.07, 6.45) is 2.40. The van der Waals surface area contributed by atoms with E-state index in [1.54, 1.807) is 21.9 Å². The molecule has 20 heavy (non-hydrogen) atoms. The molecular weight excluding hydrogens is 258 g/mol. The van der Waals surface area contributed by atoms with Gasteiger partial charge in [0.2, 0.25) is 5.91 Å². The van der Waals surface area contributed by atoms with Crippen LogP contribution in [0.4, 0.5) is 0 Å². The van der Waals surface area contributed by atoms with E-state index in [1.807, 2.05) is 7.05 Å². The highest BCUT2D eigenvalue weighted by atomic mass is 16.3. The monoisotopic (exact) mass is 277 g/mol. The maximum Gasteiger partial charge on any atom is 0.289 e. The van der Waals surface area contributed by atoms with E-state index in [4.69, 9.17) is 4.42 Å². The molecule has 1 aromatic heterocycles. The van der Waals surface area contributed by atoms with Gasteiger partial charge in [0, 0.05) is 39.8 Å². The summed E-state index contributed by atoms with van der Waals surface area (Å²) in [5, 5.41) is 0. The lowest BCUT2D eigenvalue weighted by Crippen LogP contribution is -2.53. The number of likely N-dealkylation sites (N-methyl/N-ethyl adjacent to an activating group) is 1. The van der Waals surface area contributed by atoms with Gasteiger partial charge in [-0.15, -0.1) is 0 Å². The number of likely N-dealkylation sites (tertiary alicyclic amines) is 1. The summed E-state index contributed by atoms with van der Waals surface area (Å²) in [5.74, 6) is 0.524. The van der Waals surface area contributed by atoms with Crippen LogP contribution in [0.25, 0.3) is 0 Å². The van der Waals surface area contributed by atoms with E-state index in [0.717, 1.165) is 26.1 Å². The first kappa shape index (κ1) is 13.2. The van der Waals surface area contributed by atoms with Gasteiger partial charge in [-0.3, -0.25) is 14.5 Å². The standard InChI is InChI=1S/C14H19N3O3/c1-15-5-4-11(13(15)18)16-6-8-17(9-7-16)14(19)12-3-2-10-20-12/h2-3,10-11H,4-9H2,1H3. The molecule has 1 atom stereocenters. The summed E-state index contributed by atoms with van der Waals surface area (Å²) in [6, 6.07) is 3.40. The lowest BCUT2D eigenvalue weighted by atomic mass is 10.1. The summed E-state index contributed by atoms with van der Waals surface area (Å²) in [4.78, 5) is 29.9. The largest absolute Gasteiger partial charge is 0.459 e. The summed E-state index contributed by atoms with van der Waals surface area (Å²) < 4.78 is 5.14. The van der Waals surface area contributed by atoms with E-state index >= 15 is 0 Å². The Bertz CT molecular complexity index is 492. The smallest absolute Gasteiger partial charge is 0.289 e. The summed E-state index contributed by atoms with van der Waals surface area (Å²) in [5.41, 5.74) is 0. The predicted octanol–water partition coefficient (Wildman–Crippen LogP) is 0.268. The maximum atomic E-state index is 12.1. The molecule has 1 aromatic rings. The first-order chi connectivity index (χ1) is 9.66.